The standard InChI is InChI=1S/C22H21NO4/c1-13-10-21(24)27-20-12-18(8-9-19(13)20)26-14(2)22(25)23-17-7-6-15-4-3-5-16(15)11-17/h6-12,14H,3-5H2,1-2H3,(H,23,25)/t14-/m0/s1. The SMILES string of the molecule is Cc1cc(=O)oc2cc(O[C@@H](C)C(=O)Nc3ccc4c(c3)CCC4)ccc12. The lowest BCUT2D eigenvalue weighted by Gasteiger charge is -2.15. The van der Waals surface area contributed by atoms with Gasteiger partial charge in [-0.15, -0.1) is 0 Å². The fourth-order valence-corrected chi connectivity index (χ4v) is 3.53. The molecular formula is C22H21NO4. The zero-order valence-corrected chi connectivity index (χ0v) is 15.4. The van der Waals surface area contributed by atoms with Crippen LogP contribution in [0, 0.1) is 6.92 Å². The number of carbonyl (C=O) groups is 1. The lowest BCUT2D eigenvalue weighted by Crippen LogP contribution is -2.30. The Morgan fingerprint density at radius 1 is 1.11 bits per heavy atom. The predicted molar refractivity (Wildman–Crippen MR) is 104 cm³/mol. The Morgan fingerprint density at radius 2 is 1.93 bits per heavy atom. The molecule has 27 heavy (non-hydrogen) atoms. The zero-order valence-electron chi connectivity index (χ0n) is 15.4. The van der Waals surface area contributed by atoms with Gasteiger partial charge in [0, 0.05) is 23.2 Å². The van der Waals surface area contributed by atoms with Crippen LogP contribution >= 0.6 is 0 Å². The van der Waals surface area contributed by atoms with E-state index in [2.05, 4.69) is 11.4 Å². The second-order valence-electron chi connectivity index (χ2n) is 6.99. The summed E-state index contributed by atoms with van der Waals surface area (Å²) in [5, 5.41) is 3.75. The van der Waals surface area contributed by atoms with Crippen LogP contribution in [0.5, 0.6) is 5.75 Å². The molecule has 0 unspecified atom stereocenters. The minimum absolute atomic E-state index is 0.223. The average Bonchev–Trinajstić information content (AvgIpc) is 3.09. The van der Waals surface area contributed by atoms with Crippen molar-refractivity contribution in [2.24, 2.45) is 0 Å². The largest absolute Gasteiger partial charge is 0.481 e. The Balaban J connectivity index is 1.48. The topological polar surface area (TPSA) is 68.5 Å². The molecule has 1 heterocycles. The van der Waals surface area contributed by atoms with Gasteiger partial charge in [-0.2, -0.15) is 0 Å². The number of amides is 1. The predicted octanol–water partition coefficient (Wildman–Crippen LogP) is 4.00. The fraction of sp³-hybridized carbons (Fsp3) is 0.273. The molecule has 138 valence electrons. The zero-order chi connectivity index (χ0) is 19.0. The molecule has 0 spiro atoms. The third-order valence-electron chi connectivity index (χ3n) is 4.97. The third kappa shape index (κ3) is 3.58. The fourth-order valence-electron chi connectivity index (χ4n) is 3.53. The Hall–Kier alpha value is -3.08. The van der Waals surface area contributed by atoms with Crippen LogP contribution in [-0.4, -0.2) is 12.0 Å². The van der Waals surface area contributed by atoms with E-state index >= 15 is 0 Å². The quantitative estimate of drug-likeness (QED) is 0.712. The van der Waals surface area contributed by atoms with Gasteiger partial charge in [-0.3, -0.25) is 4.79 Å². The summed E-state index contributed by atoms with van der Waals surface area (Å²) < 4.78 is 11.0. The highest BCUT2D eigenvalue weighted by molar-refractivity contribution is 5.94. The molecule has 4 rings (SSSR count). The van der Waals surface area contributed by atoms with Crippen LogP contribution in [0.15, 0.2) is 51.7 Å². The lowest BCUT2D eigenvalue weighted by atomic mass is 10.1. The van der Waals surface area contributed by atoms with Crippen molar-refractivity contribution in [2.75, 3.05) is 5.32 Å². The molecule has 5 nitrogen and oxygen atoms in total. The number of aryl methyl sites for hydroxylation is 3. The summed E-state index contributed by atoms with van der Waals surface area (Å²) in [5.41, 5.74) is 4.35. The van der Waals surface area contributed by atoms with E-state index in [1.165, 1.54) is 23.6 Å². The number of anilines is 1. The van der Waals surface area contributed by atoms with E-state index in [1.807, 2.05) is 25.1 Å². The summed E-state index contributed by atoms with van der Waals surface area (Å²) in [6, 6.07) is 12.8. The van der Waals surface area contributed by atoms with Crippen molar-refractivity contribution in [3.8, 4) is 5.75 Å². The number of hydrogen-bond acceptors (Lipinski definition) is 4. The van der Waals surface area contributed by atoms with Gasteiger partial charge in [-0.1, -0.05) is 6.07 Å². The number of ether oxygens (including phenoxy) is 1. The number of rotatable bonds is 4. The number of benzene rings is 2. The molecule has 1 amide bonds. The van der Waals surface area contributed by atoms with Crippen LogP contribution in [0.2, 0.25) is 0 Å². The molecule has 0 aliphatic heterocycles. The van der Waals surface area contributed by atoms with Gasteiger partial charge < -0.3 is 14.5 Å². The summed E-state index contributed by atoms with van der Waals surface area (Å²) >= 11 is 0. The van der Waals surface area contributed by atoms with Gasteiger partial charge in [0.25, 0.3) is 5.91 Å². The van der Waals surface area contributed by atoms with Crippen LogP contribution in [0.1, 0.15) is 30.0 Å². The molecule has 0 bridgehead atoms. The van der Waals surface area contributed by atoms with E-state index in [1.54, 1.807) is 19.1 Å². The van der Waals surface area contributed by atoms with Gasteiger partial charge in [0.05, 0.1) is 0 Å². The highest BCUT2D eigenvalue weighted by Crippen LogP contribution is 2.26. The minimum atomic E-state index is -0.688. The summed E-state index contributed by atoms with van der Waals surface area (Å²) in [7, 11) is 0. The number of fused-ring (bicyclic) bond motifs is 2. The summed E-state index contributed by atoms with van der Waals surface area (Å²) in [6.45, 7) is 3.55. The Bertz CT molecular complexity index is 1080. The van der Waals surface area contributed by atoms with Gasteiger partial charge >= 0.3 is 5.63 Å². The Kier molecular flexibility index (Phi) is 4.44. The molecule has 1 aromatic heterocycles. The maximum atomic E-state index is 12.5. The first-order valence-corrected chi connectivity index (χ1v) is 9.13. The van der Waals surface area contributed by atoms with Crippen molar-refractivity contribution in [1.82, 2.24) is 0 Å². The number of nitrogens with one attached hydrogen (secondary N) is 1. The van der Waals surface area contributed by atoms with E-state index in [0.29, 0.717) is 11.3 Å². The van der Waals surface area contributed by atoms with Crippen LogP contribution in [0.3, 0.4) is 0 Å². The van der Waals surface area contributed by atoms with Crippen molar-refractivity contribution < 1.29 is 13.9 Å². The smallest absolute Gasteiger partial charge is 0.336 e. The van der Waals surface area contributed by atoms with Gasteiger partial charge in [-0.05, 0) is 74.1 Å². The molecule has 0 fully saturated rings. The minimum Gasteiger partial charge on any atom is -0.481 e. The van der Waals surface area contributed by atoms with Gasteiger partial charge in [-0.25, -0.2) is 4.79 Å². The van der Waals surface area contributed by atoms with Crippen molar-refractivity contribution in [1.29, 1.82) is 0 Å². The maximum Gasteiger partial charge on any atom is 0.336 e. The highest BCUT2D eigenvalue weighted by Gasteiger charge is 2.17. The lowest BCUT2D eigenvalue weighted by molar-refractivity contribution is -0.122. The van der Waals surface area contributed by atoms with Crippen molar-refractivity contribution in [3.63, 3.8) is 0 Å². The highest BCUT2D eigenvalue weighted by atomic mass is 16.5. The summed E-state index contributed by atoms with van der Waals surface area (Å²) in [6.07, 6.45) is 2.66. The van der Waals surface area contributed by atoms with Crippen LogP contribution in [0.25, 0.3) is 11.0 Å². The molecule has 1 atom stereocenters. The first-order valence-electron chi connectivity index (χ1n) is 9.13. The van der Waals surface area contributed by atoms with Gasteiger partial charge in [0.1, 0.15) is 11.3 Å². The van der Waals surface area contributed by atoms with Gasteiger partial charge in [0.2, 0.25) is 0 Å². The molecule has 3 aromatic rings. The summed E-state index contributed by atoms with van der Waals surface area (Å²) in [4.78, 5) is 24.0. The second-order valence-corrected chi connectivity index (χ2v) is 6.99. The van der Waals surface area contributed by atoms with Gasteiger partial charge in [0.15, 0.2) is 6.10 Å². The van der Waals surface area contributed by atoms with Crippen molar-refractivity contribution in [3.05, 3.63) is 69.6 Å². The molecule has 1 aliphatic rings. The van der Waals surface area contributed by atoms with E-state index in [0.717, 1.165) is 29.5 Å². The van der Waals surface area contributed by atoms with Crippen molar-refractivity contribution >= 4 is 22.6 Å². The van der Waals surface area contributed by atoms with Crippen LogP contribution < -0.4 is 15.7 Å². The summed E-state index contributed by atoms with van der Waals surface area (Å²) in [5.74, 6) is 0.256. The normalized spacial score (nSPS) is 14.0. The molecule has 1 N–H and O–H groups in total. The van der Waals surface area contributed by atoms with Crippen LogP contribution in [0.4, 0.5) is 5.69 Å². The molecular weight excluding hydrogens is 342 g/mol. The molecule has 0 radical (unpaired) electrons. The first kappa shape index (κ1) is 17.3. The Morgan fingerprint density at radius 3 is 2.78 bits per heavy atom. The molecule has 0 saturated carbocycles. The maximum absolute atomic E-state index is 12.5. The Labute approximate surface area is 157 Å². The average molecular weight is 363 g/mol. The van der Waals surface area contributed by atoms with Crippen molar-refractivity contribution in [2.45, 2.75) is 39.2 Å². The number of hydrogen-bond donors (Lipinski definition) is 1. The van der Waals surface area contributed by atoms with E-state index < -0.39 is 11.7 Å². The van der Waals surface area contributed by atoms with E-state index in [9.17, 15) is 9.59 Å². The molecule has 1 aliphatic carbocycles. The first-order chi connectivity index (χ1) is 13.0. The van der Waals surface area contributed by atoms with E-state index in [4.69, 9.17) is 9.15 Å². The molecule has 5 heteroatoms. The number of carbonyl (C=O) groups excluding carboxylic acids is 1. The second kappa shape index (κ2) is 6.91. The molecule has 0 saturated heterocycles. The monoisotopic (exact) mass is 363 g/mol. The van der Waals surface area contributed by atoms with E-state index in [-0.39, 0.29) is 5.91 Å². The third-order valence-corrected chi connectivity index (χ3v) is 4.97. The van der Waals surface area contributed by atoms with Crippen LogP contribution in [-0.2, 0) is 17.6 Å². The molecule has 2 aromatic carbocycles.